The van der Waals surface area contributed by atoms with Crippen LogP contribution in [0.4, 0.5) is 11.4 Å². The molecule has 1 fully saturated rings. The molecule has 29 heavy (non-hydrogen) atoms. The number of Topliss-reactive ketones (excluding diaryl/α,β-unsaturated/α-hetero) is 1. The van der Waals surface area contributed by atoms with Gasteiger partial charge in [0.2, 0.25) is 0 Å². The first-order valence-electron chi connectivity index (χ1n) is 9.86. The maximum atomic E-state index is 13.1. The van der Waals surface area contributed by atoms with E-state index in [2.05, 4.69) is 46.5 Å². The van der Waals surface area contributed by atoms with Crippen LogP contribution in [0.25, 0.3) is 21.1 Å². The minimum Gasteiger partial charge on any atom is -0.355 e. The zero-order valence-electron chi connectivity index (χ0n) is 15.9. The van der Waals surface area contributed by atoms with E-state index in [1.165, 1.54) is 17.5 Å². The summed E-state index contributed by atoms with van der Waals surface area (Å²) in [5.74, 6) is 0.983. The highest BCUT2D eigenvalue weighted by molar-refractivity contribution is 8.02. The average molecular weight is 418 g/mol. The molecule has 2 aromatic carbocycles. The number of carbonyl (C=O) groups excluding carboxylic acids is 1. The second-order valence-electron chi connectivity index (χ2n) is 8.19. The number of aromatic nitrogens is 2. The van der Waals surface area contributed by atoms with E-state index in [9.17, 15) is 4.79 Å². The van der Waals surface area contributed by atoms with Gasteiger partial charge in [-0.05, 0) is 55.7 Å². The molecule has 0 amide bonds. The zero-order chi connectivity index (χ0) is 19.6. The number of benzene rings is 2. The molecule has 0 spiro atoms. The van der Waals surface area contributed by atoms with Crippen molar-refractivity contribution < 1.29 is 4.79 Å². The third-order valence-corrected chi connectivity index (χ3v) is 8.06. The number of fused-ring (bicyclic) bond motifs is 3. The zero-order valence-corrected chi connectivity index (χ0v) is 17.6. The lowest BCUT2D eigenvalue weighted by Crippen LogP contribution is -2.27. The van der Waals surface area contributed by atoms with Gasteiger partial charge >= 0.3 is 0 Å². The summed E-state index contributed by atoms with van der Waals surface area (Å²) in [7, 11) is 0. The fraction of sp³-hybridized carbons (Fsp3) is 0.261. The average Bonchev–Trinajstić information content (AvgIpc) is 3.33. The molecular formula is C23H19N3OS2. The number of carbonyl (C=O) groups is 1. The van der Waals surface area contributed by atoms with E-state index in [4.69, 9.17) is 0 Å². The SMILES string of the molecule is CC1(CC2CC2)Sc2cc3c(Nc4ccc5scnc5c4)ccnc3cc2C1=O. The van der Waals surface area contributed by atoms with Crippen LogP contribution in [-0.4, -0.2) is 20.5 Å². The second-order valence-corrected chi connectivity index (χ2v) is 10.6. The van der Waals surface area contributed by atoms with Gasteiger partial charge < -0.3 is 5.32 Å². The van der Waals surface area contributed by atoms with Crippen LogP contribution in [0.15, 0.2) is 53.0 Å². The van der Waals surface area contributed by atoms with E-state index >= 15 is 0 Å². The quantitative estimate of drug-likeness (QED) is 0.414. The van der Waals surface area contributed by atoms with E-state index in [0.29, 0.717) is 0 Å². The van der Waals surface area contributed by atoms with E-state index in [1.807, 2.05) is 17.6 Å². The Labute approximate surface area is 176 Å². The molecule has 4 nitrogen and oxygen atoms in total. The Kier molecular flexibility index (Phi) is 3.77. The number of nitrogens with zero attached hydrogens (tertiary/aromatic N) is 2. The van der Waals surface area contributed by atoms with Crippen LogP contribution in [-0.2, 0) is 0 Å². The van der Waals surface area contributed by atoms with Gasteiger partial charge in [0.05, 0.1) is 26.0 Å². The van der Waals surface area contributed by atoms with Crippen LogP contribution in [0.5, 0.6) is 0 Å². The normalized spacial score (nSPS) is 21.1. The van der Waals surface area contributed by atoms with Crippen LogP contribution in [0, 0.1) is 5.92 Å². The number of hydrogen-bond donors (Lipinski definition) is 1. The predicted octanol–water partition coefficient (Wildman–Crippen LogP) is 6.44. The molecule has 6 heteroatoms. The van der Waals surface area contributed by atoms with Crippen molar-refractivity contribution in [2.24, 2.45) is 5.92 Å². The van der Waals surface area contributed by atoms with Gasteiger partial charge in [-0.1, -0.05) is 12.8 Å². The Balaban J connectivity index is 1.40. The van der Waals surface area contributed by atoms with Gasteiger partial charge in [0, 0.05) is 33.4 Å². The molecule has 1 saturated carbocycles. The predicted molar refractivity (Wildman–Crippen MR) is 121 cm³/mol. The van der Waals surface area contributed by atoms with Gasteiger partial charge in [0.25, 0.3) is 0 Å². The number of thiazole rings is 1. The van der Waals surface area contributed by atoms with Crippen LogP contribution in [0.3, 0.4) is 0 Å². The minimum absolute atomic E-state index is 0.264. The lowest BCUT2D eigenvalue weighted by Gasteiger charge is -2.20. The fourth-order valence-electron chi connectivity index (χ4n) is 4.22. The summed E-state index contributed by atoms with van der Waals surface area (Å²) < 4.78 is 0.849. The molecule has 0 saturated heterocycles. The van der Waals surface area contributed by atoms with Crippen LogP contribution < -0.4 is 5.32 Å². The van der Waals surface area contributed by atoms with E-state index in [-0.39, 0.29) is 10.5 Å². The highest BCUT2D eigenvalue weighted by atomic mass is 32.2. The number of pyridine rings is 1. The second kappa shape index (κ2) is 6.28. The van der Waals surface area contributed by atoms with Gasteiger partial charge in [-0.15, -0.1) is 23.1 Å². The van der Waals surface area contributed by atoms with Gasteiger partial charge in [0.1, 0.15) is 0 Å². The first kappa shape index (κ1) is 17.4. The number of rotatable bonds is 4. The maximum Gasteiger partial charge on any atom is 0.180 e. The number of hydrogen-bond acceptors (Lipinski definition) is 6. The Morgan fingerprint density at radius 3 is 2.90 bits per heavy atom. The number of thioether (sulfide) groups is 1. The fourth-order valence-corrected chi connectivity index (χ4v) is 6.32. The number of nitrogens with one attached hydrogen (secondary N) is 1. The van der Waals surface area contributed by atoms with Gasteiger partial charge in [0.15, 0.2) is 5.78 Å². The Morgan fingerprint density at radius 1 is 1.14 bits per heavy atom. The van der Waals surface area contributed by atoms with Crippen molar-refractivity contribution in [2.45, 2.75) is 35.8 Å². The Bertz CT molecular complexity index is 1290. The molecule has 6 rings (SSSR count). The molecule has 1 unspecified atom stereocenters. The number of anilines is 2. The third-order valence-electron chi connectivity index (χ3n) is 5.89. The summed E-state index contributed by atoms with van der Waals surface area (Å²) in [4.78, 5) is 23.2. The third kappa shape index (κ3) is 2.93. The minimum atomic E-state index is -0.329. The summed E-state index contributed by atoms with van der Waals surface area (Å²) >= 11 is 3.38. The van der Waals surface area contributed by atoms with Crippen LogP contribution >= 0.6 is 23.1 Å². The van der Waals surface area contributed by atoms with Crippen molar-refractivity contribution in [1.29, 1.82) is 0 Å². The van der Waals surface area contributed by atoms with E-state index in [1.54, 1.807) is 29.3 Å². The van der Waals surface area contributed by atoms with Gasteiger partial charge in [-0.25, -0.2) is 4.98 Å². The topological polar surface area (TPSA) is 54.9 Å². The first-order valence-corrected chi connectivity index (χ1v) is 11.6. The molecule has 3 heterocycles. The lowest BCUT2D eigenvalue weighted by atomic mass is 9.93. The van der Waals surface area contributed by atoms with Crippen molar-refractivity contribution >= 4 is 61.4 Å². The molecule has 0 radical (unpaired) electrons. The summed E-state index contributed by atoms with van der Waals surface area (Å²) in [6.45, 7) is 2.11. The molecule has 1 atom stereocenters. The first-order chi connectivity index (χ1) is 14.1. The van der Waals surface area contributed by atoms with Crippen molar-refractivity contribution in [3.8, 4) is 0 Å². The molecule has 1 N–H and O–H groups in total. The molecule has 4 aromatic rings. The maximum absolute atomic E-state index is 13.1. The molecule has 2 aromatic heterocycles. The molecule has 144 valence electrons. The lowest BCUT2D eigenvalue weighted by molar-refractivity contribution is 0.0947. The molecule has 2 aliphatic rings. The summed E-state index contributed by atoms with van der Waals surface area (Å²) in [5, 5.41) is 4.57. The van der Waals surface area contributed by atoms with E-state index < -0.39 is 0 Å². The summed E-state index contributed by atoms with van der Waals surface area (Å²) in [6, 6.07) is 12.3. The monoisotopic (exact) mass is 417 g/mol. The van der Waals surface area contributed by atoms with Crippen molar-refractivity contribution in [2.75, 3.05) is 5.32 Å². The van der Waals surface area contributed by atoms with Crippen molar-refractivity contribution in [3.63, 3.8) is 0 Å². The Morgan fingerprint density at radius 2 is 2.03 bits per heavy atom. The Hall–Kier alpha value is -2.44. The van der Waals surface area contributed by atoms with Crippen molar-refractivity contribution in [3.05, 3.63) is 53.7 Å². The summed E-state index contributed by atoms with van der Waals surface area (Å²) in [5.41, 5.74) is 6.55. The van der Waals surface area contributed by atoms with Gasteiger partial charge in [-0.3, -0.25) is 9.78 Å². The summed E-state index contributed by atoms with van der Waals surface area (Å²) in [6.07, 6.45) is 5.31. The highest BCUT2D eigenvalue weighted by Crippen LogP contribution is 2.52. The van der Waals surface area contributed by atoms with Crippen LogP contribution in [0.1, 0.15) is 36.5 Å². The van der Waals surface area contributed by atoms with Gasteiger partial charge in [-0.2, -0.15) is 0 Å². The smallest absolute Gasteiger partial charge is 0.180 e. The number of ketones is 1. The molecule has 1 aliphatic carbocycles. The standard InChI is InChI=1S/C23H19N3OS2/c1-23(11-13-2-3-13)22(27)16-9-18-15(10-21(16)29-23)17(6-7-24-18)26-14-4-5-20-19(8-14)25-12-28-20/h4-10,12-13H,2-3,11H2,1H3,(H,24,26). The van der Waals surface area contributed by atoms with Crippen LogP contribution in [0.2, 0.25) is 0 Å². The molecule has 0 bridgehead atoms. The highest BCUT2D eigenvalue weighted by Gasteiger charge is 2.46. The largest absolute Gasteiger partial charge is 0.355 e. The van der Waals surface area contributed by atoms with E-state index in [0.717, 1.165) is 50.6 Å². The van der Waals surface area contributed by atoms with Crippen molar-refractivity contribution in [1.82, 2.24) is 9.97 Å². The molecule has 1 aliphatic heterocycles. The molecular weight excluding hydrogens is 398 g/mol.